The predicted molar refractivity (Wildman–Crippen MR) is 74.9 cm³/mol. The van der Waals surface area contributed by atoms with Crippen LogP contribution in [0.25, 0.3) is 0 Å². The van der Waals surface area contributed by atoms with Gasteiger partial charge in [0.15, 0.2) is 0 Å². The van der Waals surface area contributed by atoms with Gasteiger partial charge in [0.2, 0.25) is 0 Å². The van der Waals surface area contributed by atoms with Crippen LogP contribution in [-0.4, -0.2) is 68.5 Å². The molecule has 21 heavy (non-hydrogen) atoms. The third-order valence-electron chi connectivity index (χ3n) is 4.53. The van der Waals surface area contributed by atoms with Gasteiger partial charge >= 0.3 is 5.97 Å². The smallest absolute Gasteiger partial charge is 0.320 e. The Morgan fingerprint density at radius 2 is 2.00 bits per heavy atom. The zero-order chi connectivity index (χ0) is 14.8. The zero-order valence-electron chi connectivity index (χ0n) is 11.9. The number of carbonyl (C=O) groups is 2. The molecule has 0 bridgehead atoms. The third kappa shape index (κ3) is 2.78. The summed E-state index contributed by atoms with van der Waals surface area (Å²) in [4.78, 5) is 34.1. The first-order chi connectivity index (χ1) is 10.2. The van der Waals surface area contributed by atoms with Crippen molar-refractivity contribution in [3.8, 4) is 0 Å². The molecule has 2 aliphatic heterocycles. The molecule has 7 heteroatoms. The van der Waals surface area contributed by atoms with Gasteiger partial charge in [-0.05, 0) is 32.2 Å². The van der Waals surface area contributed by atoms with E-state index < -0.39 is 5.97 Å². The second-order valence-electron chi connectivity index (χ2n) is 5.72. The van der Waals surface area contributed by atoms with Crippen LogP contribution in [-0.2, 0) is 4.79 Å². The SMILES string of the molecule is O=C(O)C1CCCN1C1CCN(C(=O)c2cnc[nH]2)CC1. The first kappa shape index (κ1) is 14.1. The van der Waals surface area contributed by atoms with Gasteiger partial charge < -0.3 is 15.0 Å². The minimum atomic E-state index is -0.719. The average molecular weight is 292 g/mol. The first-order valence-electron chi connectivity index (χ1n) is 7.43. The van der Waals surface area contributed by atoms with Crippen LogP contribution in [0.3, 0.4) is 0 Å². The topological polar surface area (TPSA) is 89.5 Å². The normalized spacial score (nSPS) is 24.4. The van der Waals surface area contributed by atoms with Gasteiger partial charge in [0.25, 0.3) is 5.91 Å². The number of nitrogens with one attached hydrogen (secondary N) is 1. The van der Waals surface area contributed by atoms with Gasteiger partial charge in [-0.1, -0.05) is 0 Å². The average Bonchev–Trinajstić information content (AvgIpc) is 3.18. The summed E-state index contributed by atoms with van der Waals surface area (Å²) in [6.45, 7) is 2.20. The lowest BCUT2D eigenvalue weighted by Gasteiger charge is -2.38. The lowest BCUT2D eigenvalue weighted by Crippen LogP contribution is -2.50. The van der Waals surface area contributed by atoms with Gasteiger partial charge in [0.1, 0.15) is 11.7 Å². The summed E-state index contributed by atoms with van der Waals surface area (Å²) in [7, 11) is 0. The highest BCUT2D eigenvalue weighted by Crippen LogP contribution is 2.26. The highest BCUT2D eigenvalue weighted by Gasteiger charge is 2.37. The summed E-state index contributed by atoms with van der Waals surface area (Å²) < 4.78 is 0. The van der Waals surface area contributed by atoms with Crippen molar-refractivity contribution < 1.29 is 14.7 Å². The number of carboxylic acid groups (broad SMARTS) is 1. The highest BCUT2D eigenvalue weighted by atomic mass is 16.4. The standard InChI is InChI=1S/C14H20N4O3/c19-13(11-8-15-9-16-11)17-6-3-10(4-7-17)18-5-1-2-12(18)14(20)21/h8-10,12H,1-7H2,(H,15,16)(H,20,21). The maximum Gasteiger partial charge on any atom is 0.320 e. The maximum atomic E-state index is 12.2. The number of hydrogen-bond acceptors (Lipinski definition) is 4. The number of rotatable bonds is 3. The molecule has 1 atom stereocenters. The molecule has 1 amide bonds. The molecule has 1 aromatic heterocycles. The Labute approximate surface area is 122 Å². The lowest BCUT2D eigenvalue weighted by molar-refractivity contribution is -0.143. The van der Waals surface area contributed by atoms with E-state index in [2.05, 4.69) is 14.9 Å². The van der Waals surface area contributed by atoms with E-state index in [0.717, 1.165) is 32.2 Å². The monoisotopic (exact) mass is 292 g/mol. The Hall–Kier alpha value is -1.89. The summed E-state index contributed by atoms with van der Waals surface area (Å²) in [5, 5.41) is 9.26. The van der Waals surface area contributed by atoms with E-state index in [1.807, 2.05) is 4.90 Å². The molecule has 1 aromatic rings. The first-order valence-corrected chi connectivity index (χ1v) is 7.43. The van der Waals surface area contributed by atoms with Crippen molar-refractivity contribution in [1.82, 2.24) is 19.8 Å². The number of hydrogen-bond donors (Lipinski definition) is 2. The molecule has 0 spiro atoms. The Morgan fingerprint density at radius 1 is 1.24 bits per heavy atom. The van der Waals surface area contributed by atoms with Gasteiger partial charge in [-0.3, -0.25) is 14.5 Å². The zero-order valence-corrected chi connectivity index (χ0v) is 11.9. The van der Waals surface area contributed by atoms with Crippen molar-refractivity contribution in [1.29, 1.82) is 0 Å². The van der Waals surface area contributed by atoms with Crippen LogP contribution in [0, 0.1) is 0 Å². The number of aliphatic carboxylic acids is 1. The molecule has 2 aliphatic rings. The van der Waals surface area contributed by atoms with Crippen molar-refractivity contribution in [2.24, 2.45) is 0 Å². The molecule has 0 radical (unpaired) electrons. The molecule has 2 N–H and O–H groups in total. The van der Waals surface area contributed by atoms with Crippen LogP contribution in [0.15, 0.2) is 12.5 Å². The van der Waals surface area contributed by atoms with Crippen molar-refractivity contribution >= 4 is 11.9 Å². The van der Waals surface area contributed by atoms with Gasteiger partial charge in [-0.15, -0.1) is 0 Å². The van der Waals surface area contributed by atoms with Crippen molar-refractivity contribution in [3.05, 3.63) is 18.2 Å². The van der Waals surface area contributed by atoms with Gasteiger partial charge in [-0.25, -0.2) is 4.98 Å². The minimum absolute atomic E-state index is 0.0258. The van der Waals surface area contributed by atoms with Crippen molar-refractivity contribution in [2.45, 2.75) is 37.8 Å². The summed E-state index contributed by atoms with van der Waals surface area (Å²) in [5.74, 6) is -0.745. The number of nitrogens with zero attached hydrogens (tertiary/aromatic N) is 3. The Bertz CT molecular complexity index is 508. The molecule has 1 unspecified atom stereocenters. The fourth-order valence-electron chi connectivity index (χ4n) is 3.44. The number of aromatic nitrogens is 2. The van der Waals surface area contributed by atoms with Crippen LogP contribution in [0.4, 0.5) is 0 Å². The summed E-state index contributed by atoms with van der Waals surface area (Å²) in [6, 6.07) is -0.0655. The molecule has 7 nitrogen and oxygen atoms in total. The third-order valence-corrected chi connectivity index (χ3v) is 4.53. The lowest BCUT2D eigenvalue weighted by atomic mass is 10.0. The van der Waals surface area contributed by atoms with Gasteiger partial charge in [0, 0.05) is 19.1 Å². The summed E-state index contributed by atoms with van der Waals surface area (Å²) >= 11 is 0. The van der Waals surface area contributed by atoms with Crippen molar-refractivity contribution in [2.75, 3.05) is 19.6 Å². The van der Waals surface area contributed by atoms with Crippen LogP contribution in [0.5, 0.6) is 0 Å². The van der Waals surface area contributed by atoms with Crippen LogP contribution < -0.4 is 0 Å². The molecular weight excluding hydrogens is 272 g/mol. The Morgan fingerprint density at radius 3 is 2.62 bits per heavy atom. The maximum absolute atomic E-state index is 12.2. The van der Waals surface area contributed by atoms with E-state index in [1.165, 1.54) is 12.5 Å². The van der Waals surface area contributed by atoms with E-state index >= 15 is 0 Å². The molecular formula is C14H20N4O3. The van der Waals surface area contributed by atoms with Gasteiger partial charge in [0.05, 0.1) is 12.5 Å². The van der Waals surface area contributed by atoms with Crippen LogP contribution in [0.2, 0.25) is 0 Å². The van der Waals surface area contributed by atoms with Crippen LogP contribution >= 0.6 is 0 Å². The second-order valence-corrected chi connectivity index (χ2v) is 5.72. The van der Waals surface area contributed by atoms with Gasteiger partial charge in [-0.2, -0.15) is 0 Å². The van der Waals surface area contributed by atoms with Crippen molar-refractivity contribution in [3.63, 3.8) is 0 Å². The molecule has 3 heterocycles. The van der Waals surface area contributed by atoms with E-state index in [4.69, 9.17) is 0 Å². The van der Waals surface area contributed by atoms with E-state index in [9.17, 15) is 14.7 Å². The fourth-order valence-corrected chi connectivity index (χ4v) is 3.44. The predicted octanol–water partition coefficient (Wildman–Crippen LogP) is 0.563. The number of H-pyrrole nitrogens is 1. The molecule has 0 aliphatic carbocycles. The number of aromatic amines is 1. The highest BCUT2D eigenvalue weighted by molar-refractivity contribution is 5.92. The van der Waals surface area contributed by atoms with E-state index in [0.29, 0.717) is 18.8 Å². The second kappa shape index (κ2) is 5.85. The number of piperidine rings is 1. The molecule has 2 fully saturated rings. The quantitative estimate of drug-likeness (QED) is 0.850. The Balaban J connectivity index is 1.58. The molecule has 0 aromatic carbocycles. The molecule has 0 saturated carbocycles. The van der Waals surface area contributed by atoms with Crippen LogP contribution in [0.1, 0.15) is 36.2 Å². The number of carboxylic acids is 1. The van der Waals surface area contributed by atoms with E-state index in [1.54, 1.807) is 0 Å². The largest absolute Gasteiger partial charge is 0.480 e. The van der Waals surface area contributed by atoms with E-state index in [-0.39, 0.29) is 18.0 Å². The number of likely N-dealkylation sites (tertiary alicyclic amines) is 2. The summed E-state index contributed by atoms with van der Waals surface area (Å²) in [5.41, 5.74) is 0.512. The fraction of sp³-hybridized carbons (Fsp3) is 0.643. The number of imidazole rings is 1. The minimum Gasteiger partial charge on any atom is -0.480 e. The molecule has 2 saturated heterocycles. The summed E-state index contributed by atoms with van der Waals surface area (Å²) in [6.07, 6.45) is 6.40. The molecule has 3 rings (SSSR count). The number of amides is 1. The number of carbonyl (C=O) groups excluding carboxylic acids is 1. The molecule has 114 valence electrons. The Kier molecular flexibility index (Phi) is 3.92.